The summed E-state index contributed by atoms with van der Waals surface area (Å²) in [5, 5.41) is 15.6. The fourth-order valence-electron chi connectivity index (χ4n) is 3.12. The van der Waals surface area contributed by atoms with Crippen LogP contribution < -0.4 is 5.43 Å². The molecule has 0 bridgehead atoms. The average molecular weight is 414 g/mol. The summed E-state index contributed by atoms with van der Waals surface area (Å²) < 4.78 is 13.3. The van der Waals surface area contributed by atoms with Crippen LogP contribution in [0.5, 0.6) is 0 Å². The van der Waals surface area contributed by atoms with Gasteiger partial charge in [-0.15, -0.1) is 0 Å². The first-order valence-corrected chi connectivity index (χ1v) is 9.25. The number of hydrogen-bond acceptors (Lipinski definition) is 5. The van der Waals surface area contributed by atoms with Crippen molar-refractivity contribution in [1.82, 2.24) is 10.4 Å². The number of halogens is 1. The molecule has 0 fully saturated rings. The van der Waals surface area contributed by atoms with E-state index in [-0.39, 0.29) is 17.1 Å². The van der Waals surface area contributed by atoms with Gasteiger partial charge >= 0.3 is 0 Å². The summed E-state index contributed by atoms with van der Waals surface area (Å²) in [5.74, 6) is -0.872. The van der Waals surface area contributed by atoms with E-state index < -0.39 is 10.8 Å². The molecule has 1 heterocycles. The lowest BCUT2D eigenvalue weighted by Crippen LogP contribution is -2.18. The van der Waals surface area contributed by atoms with Crippen LogP contribution in [0.3, 0.4) is 0 Å². The first kappa shape index (κ1) is 19.8. The predicted octanol–water partition coefficient (Wildman–Crippen LogP) is 4.71. The Hall–Kier alpha value is -4.46. The van der Waals surface area contributed by atoms with E-state index in [4.69, 9.17) is 0 Å². The number of aromatic nitrogens is 1. The number of para-hydroxylation sites is 2. The first-order valence-electron chi connectivity index (χ1n) is 9.25. The highest BCUT2D eigenvalue weighted by Gasteiger charge is 2.14. The molecule has 0 aliphatic heterocycles. The maximum Gasteiger partial charge on any atom is 0.278 e. The summed E-state index contributed by atoms with van der Waals surface area (Å²) in [6.45, 7) is 0. The molecular formula is C23H15FN4O3. The zero-order valence-electron chi connectivity index (χ0n) is 16.0. The average Bonchev–Trinajstić information content (AvgIpc) is 2.79. The van der Waals surface area contributed by atoms with Gasteiger partial charge in [-0.2, -0.15) is 5.10 Å². The normalized spacial score (nSPS) is 11.0. The lowest BCUT2D eigenvalue weighted by molar-refractivity contribution is -0.385. The summed E-state index contributed by atoms with van der Waals surface area (Å²) in [6.07, 6.45) is 1.22. The van der Waals surface area contributed by atoms with E-state index in [1.807, 2.05) is 0 Å². The minimum Gasteiger partial charge on any atom is -0.267 e. The third-order valence-corrected chi connectivity index (χ3v) is 4.60. The lowest BCUT2D eigenvalue weighted by atomic mass is 10.0. The molecule has 1 aromatic heterocycles. The highest BCUT2D eigenvalue weighted by atomic mass is 19.1. The number of carbonyl (C=O) groups is 1. The number of fused-ring (bicyclic) bond motifs is 1. The Bertz CT molecular complexity index is 1320. The fourth-order valence-corrected chi connectivity index (χ4v) is 3.12. The van der Waals surface area contributed by atoms with Crippen LogP contribution in [0.2, 0.25) is 0 Å². The van der Waals surface area contributed by atoms with Gasteiger partial charge < -0.3 is 0 Å². The molecule has 0 unspecified atom stereocenters. The number of rotatable bonds is 5. The van der Waals surface area contributed by atoms with E-state index >= 15 is 0 Å². The monoisotopic (exact) mass is 414 g/mol. The number of amides is 1. The number of carbonyl (C=O) groups excluding carboxylic acids is 1. The van der Waals surface area contributed by atoms with Crippen molar-refractivity contribution in [2.75, 3.05) is 0 Å². The predicted molar refractivity (Wildman–Crippen MR) is 115 cm³/mol. The molecule has 4 rings (SSSR count). The van der Waals surface area contributed by atoms with Gasteiger partial charge in [0.05, 0.1) is 33.5 Å². The zero-order valence-corrected chi connectivity index (χ0v) is 16.0. The van der Waals surface area contributed by atoms with Crippen LogP contribution in [0.1, 0.15) is 15.9 Å². The van der Waals surface area contributed by atoms with Gasteiger partial charge in [-0.05, 0) is 42.5 Å². The van der Waals surface area contributed by atoms with Crippen molar-refractivity contribution in [1.29, 1.82) is 0 Å². The number of nitrogens with one attached hydrogen (secondary N) is 1. The van der Waals surface area contributed by atoms with E-state index in [1.165, 1.54) is 30.5 Å². The lowest BCUT2D eigenvalue weighted by Gasteiger charge is -2.09. The molecule has 0 spiro atoms. The van der Waals surface area contributed by atoms with E-state index in [2.05, 4.69) is 15.5 Å². The first-order chi connectivity index (χ1) is 15.0. The number of nitro benzene ring substituents is 1. The molecule has 7 nitrogen and oxygen atoms in total. The Labute approximate surface area is 176 Å². The van der Waals surface area contributed by atoms with Crippen LogP contribution in [0, 0.1) is 15.9 Å². The van der Waals surface area contributed by atoms with E-state index in [1.54, 1.807) is 54.6 Å². The van der Waals surface area contributed by atoms with Gasteiger partial charge in [0.15, 0.2) is 0 Å². The number of nitrogens with zero attached hydrogens (tertiary/aromatic N) is 3. The van der Waals surface area contributed by atoms with Gasteiger partial charge in [-0.1, -0.05) is 30.3 Å². The van der Waals surface area contributed by atoms with Gasteiger partial charge in [0, 0.05) is 17.0 Å². The minimum atomic E-state index is -0.519. The van der Waals surface area contributed by atoms with Gasteiger partial charge in [0.1, 0.15) is 5.82 Å². The molecule has 0 saturated carbocycles. The molecular weight excluding hydrogens is 399 g/mol. The molecule has 0 aliphatic rings. The van der Waals surface area contributed by atoms with Gasteiger partial charge in [-0.25, -0.2) is 14.8 Å². The molecule has 1 amide bonds. The zero-order chi connectivity index (χ0) is 21.8. The van der Waals surface area contributed by atoms with Crippen molar-refractivity contribution in [3.05, 3.63) is 106 Å². The summed E-state index contributed by atoms with van der Waals surface area (Å²) in [6, 6.07) is 20.6. The fraction of sp³-hybridized carbons (Fsp3) is 0. The molecule has 3 aromatic carbocycles. The Balaban J connectivity index is 1.67. The largest absolute Gasteiger partial charge is 0.278 e. The Morgan fingerprint density at radius 3 is 2.52 bits per heavy atom. The molecule has 31 heavy (non-hydrogen) atoms. The maximum atomic E-state index is 13.3. The topological polar surface area (TPSA) is 97.5 Å². The molecule has 152 valence electrons. The number of benzene rings is 3. The SMILES string of the molecule is O=C(N/N=C/c1ccccc1[N+](=O)[O-])c1cc(-c2ccc(F)cc2)nc2ccccc12. The van der Waals surface area contributed by atoms with Crippen molar-refractivity contribution in [3.63, 3.8) is 0 Å². The molecule has 4 aromatic rings. The summed E-state index contributed by atoms with van der Waals surface area (Å²) in [5.41, 5.74) is 4.64. The molecule has 0 radical (unpaired) electrons. The van der Waals surface area contributed by atoms with Crippen molar-refractivity contribution in [2.24, 2.45) is 5.10 Å². The second kappa shape index (κ2) is 8.50. The van der Waals surface area contributed by atoms with Crippen LogP contribution >= 0.6 is 0 Å². The second-order valence-corrected chi connectivity index (χ2v) is 6.59. The van der Waals surface area contributed by atoms with Crippen molar-refractivity contribution < 1.29 is 14.1 Å². The number of hydrazone groups is 1. The number of nitro groups is 1. The molecule has 0 atom stereocenters. The Morgan fingerprint density at radius 2 is 1.74 bits per heavy atom. The van der Waals surface area contributed by atoms with Crippen molar-refractivity contribution in [3.8, 4) is 11.3 Å². The summed E-state index contributed by atoms with van der Waals surface area (Å²) >= 11 is 0. The van der Waals surface area contributed by atoms with E-state index in [0.29, 0.717) is 27.7 Å². The van der Waals surface area contributed by atoms with Gasteiger partial charge in [0.2, 0.25) is 0 Å². The van der Waals surface area contributed by atoms with E-state index in [0.717, 1.165) is 0 Å². The van der Waals surface area contributed by atoms with Gasteiger partial charge in [-0.3, -0.25) is 14.9 Å². The Kier molecular flexibility index (Phi) is 5.44. The van der Waals surface area contributed by atoms with E-state index in [9.17, 15) is 19.3 Å². The standard InChI is InChI=1S/C23H15FN4O3/c24-17-11-9-15(10-12-17)21-13-19(18-6-2-3-7-20(18)26-21)23(29)27-25-14-16-5-1-4-8-22(16)28(30)31/h1-14H,(H,27,29)/b25-14+. The quantitative estimate of drug-likeness (QED) is 0.290. The van der Waals surface area contributed by atoms with Crippen LogP contribution in [0.25, 0.3) is 22.2 Å². The maximum absolute atomic E-state index is 13.3. The third-order valence-electron chi connectivity index (χ3n) is 4.60. The molecule has 1 N–H and O–H groups in total. The molecule has 8 heteroatoms. The van der Waals surface area contributed by atoms with Crippen LogP contribution in [-0.4, -0.2) is 22.0 Å². The van der Waals surface area contributed by atoms with Crippen LogP contribution in [-0.2, 0) is 0 Å². The Morgan fingerprint density at radius 1 is 1.03 bits per heavy atom. The minimum absolute atomic E-state index is 0.117. The van der Waals surface area contributed by atoms with Crippen LogP contribution in [0.15, 0.2) is 84.0 Å². The highest BCUT2D eigenvalue weighted by molar-refractivity contribution is 6.07. The van der Waals surface area contributed by atoms with Crippen LogP contribution in [0.4, 0.5) is 10.1 Å². The number of hydrogen-bond donors (Lipinski definition) is 1. The third kappa shape index (κ3) is 4.27. The second-order valence-electron chi connectivity index (χ2n) is 6.59. The molecule has 0 saturated heterocycles. The smallest absolute Gasteiger partial charge is 0.267 e. The van der Waals surface area contributed by atoms with Gasteiger partial charge in [0.25, 0.3) is 11.6 Å². The summed E-state index contributed by atoms with van der Waals surface area (Å²) in [4.78, 5) is 28.0. The highest BCUT2D eigenvalue weighted by Crippen LogP contribution is 2.25. The summed E-state index contributed by atoms with van der Waals surface area (Å²) in [7, 11) is 0. The van der Waals surface area contributed by atoms with Crippen molar-refractivity contribution >= 4 is 28.7 Å². The van der Waals surface area contributed by atoms with Crippen molar-refractivity contribution in [2.45, 2.75) is 0 Å². The molecule has 0 aliphatic carbocycles. The number of pyridine rings is 1.